The molecule has 0 unspecified atom stereocenters. The van der Waals surface area contributed by atoms with Gasteiger partial charge in [-0.1, -0.05) is 22.9 Å². The Hall–Kier alpha value is -1.36. The first-order chi connectivity index (χ1) is 9.13. The van der Waals surface area contributed by atoms with Crippen molar-refractivity contribution in [2.24, 2.45) is 11.8 Å². The van der Waals surface area contributed by atoms with Crippen LogP contribution in [-0.2, 0) is 11.3 Å². The van der Waals surface area contributed by atoms with Crippen molar-refractivity contribution in [3.63, 3.8) is 0 Å². The Labute approximate surface area is 119 Å². The fraction of sp³-hybridized carbons (Fsp3) is 0.429. The number of hydrogen-bond donors (Lipinski definition) is 1. The lowest BCUT2D eigenvalue weighted by Crippen LogP contribution is -2.29. The Morgan fingerprint density at radius 1 is 1.58 bits per heavy atom. The number of hydrogen-bond acceptors (Lipinski definition) is 3. The quantitative estimate of drug-likeness (QED) is 0.940. The van der Waals surface area contributed by atoms with E-state index in [2.05, 4.69) is 26.2 Å². The van der Waals surface area contributed by atoms with E-state index in [1.807, 2.05) is 25.1 Å². The number of carbonyl (C=O) groups excluding carboxylic acids is 1. The summed E-state index contributed by atoms with van der Waals surface area (Å²) in [6.07, 6.45) is 2.34. The normalized spacial score (nSPS) is 16.5. The number of carbonyl (C=O) groups is 1. The molecule has 1 atom stereocenters. The predicted molar refractivity (Wildman–Crippen MR) is 75.4 cm³/mol. The van der Waals surface area contributed by atoms with Crippen LogP contribution in [-0.4, -0.2) is 10.9 Å². The van der Waals surface area contributed by atoms with E-state index in [4.69, 9.17) is 4.42 Å². The van der Waals surface area contributed by atoms with E-state index in [0.29, 0.717) is 18.4 Å². The van der Waals surface area contributed by atoms with Gasteiger partial charge in [0.05, 0.1) is 6.54 Å². The van der Waals surface area contributed by atoms with Crippen LogP contribution in [0.4, 0.5) is 0 Å². The lowest BCUT2D eigenvalue weighted by molar-refractivity contribution is -0.125. The molecule has 1 aliphatic rings. The average Bonchev–Trinajstić information content (AvgIpc) is 3.16. The zero-order chi connectivity index (χ0) is 13.4. The Kier molecular flexibility index (Phi) is 3.31. The summed E-state index contributed by atoms with van der Waals surface area (Å²) >= 11 is 3.39. The standard InChI is InChI=1S/C14H15BrN2O2/c1-8(9-2-3-9)14(18)16-7-13-17-11-6-10(15)4-5-12(11)19-13/h4-6,8-9H,2-3,7H2,1H3,(H,16,18)/t8-/m1/s1. The summed E-state index contributed by atoms with van der Waals surface area (Å²) in [6.45, 7) is 2.33. The Bertz CT molecular complexity index is 619. The van der Waals surface area contributed by atoms with E-state index in [0.717, 1.165) is 15.6 Å². The number of fused-ring (bicyclic) bond motifs is 1. The van der Waals surface area contributed by atoms with Gasteiger partial charge in [-0.25, -0.2) is 4.98 Å². The minimum Gasteiger partial charge on any atom is -0.439 e. The van der Waals surface area contributed by atoms with Crippen molar-refractivity contribution in [2.45, 2.75) is 26.3 Å². The van der Waals surface area contributed by atoms with Gasteiger partial charge in [0.25, 0.3) is 0 Å². The molecule has 0 bridgehead atoms. The minimum absolute atomic E-state index is 0.0888. The molecular weight excluding hydrogens is 308 g/mol. The first-order valence-corrected chi connectivity index (χ1v) is 7.25. The molecule has 5 heteroatoms. The maximum atomic E-state index is 11.9. The molecule has 0 saturated heterocycles. The molecule has 1 aromatic carbocycles. The van der Waals surface area contributed by atoms with Crippen molar-refractivity contribution in [1.82, 2.24) is 10.3 Å². The highest BCUT2D eigenvalue weighted by molar-refractivity contribution is 9.10. The predicted octanol–water partition coefficient (Wildman–Crippen LogP) is 3.25. The number of amides is 1. The molecule has 1 aromatic heterocycles. The van der Waals surface area contributed by atoms with Crippen molar-refractivity contribution in [2.75, 3.05) is 0 Å². The van der Waals surface area contributed by atoms with Crippen LogP contribution in [0.1, 0.15) is 25.7 Å². The summed E-state index contributed by atoms with van der Waals surface area (Å²) in [5.74, 6) is 1.30. The second kappa shape index (κ2) is 4.96. The average molecular weight is 323 g/mol. The highest BCUT2D eigenvalue weighted by atomic mass is 79.9. The summed E-state index contributed by atoms with van der Waals surface area (Å²) in [4.78, 5) is 16.2. The number of halogens is 1. The molecule has 1 saturated carbocycles. The smallest absolute Gasteiger partial charge is 0.223 e. The van der Waals surface area contributed by atoms with Crippen LogP contribution >= 0.6 is 15.9 Å². The molecule has 0 radical (unpaired) electrons. The number of benzene rings is 1. The molecule has 1 aliphatic carbocycles. The molecule has 19 heavy (non-hydrogen) atoms. The van der Waals surface area contributed by atoms with Crippen LogP contribution in [0.15, 0.2) is 27.1 Å². The van der Waals surface area contributed by atoms with Crippen LogP contribution in [0.3, 0.4) is 0 Å². The molecule has 0 aliphatic heterocycles. The largest absolute Gasteiger partial charge is 0.439 e. The molecule has 1 N–H and O–H groups in total. The molecule has 1 fully saturated rings. The van der Waals surface area contributed by atoms with Crippen molar-refractivity contribution in [3.8, 4) is 0 Å². The summed E-state index contributed by atoms with van der Waals surface area (Å²) in [7, 11) is 0. The van der Waals surface area contributed by atoms with E-state index in [9.17, 15) is 4.79 Å². The van der Waals surface area contributed by atoms with Gasteiger partial charge in [-0.05, 0) is 37.0 Å². The number of nitrogens with zero attached hydrogens (tertiary/aromatic N) is 1. The van der Waals surface area contributed by atoms with E-state index in [1.54, 1.807) is 0 Å². The summed E-state index contributed by atoms with van der Waals surface area (Å²) in [5.41, 5.74) is 1.54. The maximum absolute atomic E-state index is 11.9. The minimum atomic E-state index is 0.0888. The van der Waals surface area contributed by atoms with Crippen LogP contribution in [0.5, 0.6) is 0 Å². The van der Waals surface area contributed by atoms with Crippen LogP contribution < -0.4 is 5.32 Å². The van der Waals surface area contributed by atoms with Crippen molar-refractivity contribution < 1.29 is 9.21 Å². The van der Waals surface area contributed by atoms with Crippen LogP contribution in [0.25, 0.3) is 11.1 Å². The molecule has 2 aromatic rings. The van der Waals surface area contributed by atoms with Crippen molar-refractivity contribution in [1.29, 1.82) is 0 Å². The topological polar surface area (TPSA) is 55.1 Å². The summed E-state index contributed by atoms with van der Waals surface area (Å²) < 4.78 is 6.55. The third-order valence-corrected chi connectivity index (χ3v) is 4.04. The lowest BCUT2D eigenvalue weighted by Gasteiger charge is -2.09. The number of aromatic nitrogens is 1. The first kappa shape index (κ1) is 12.7. The number of oxazole rings is 1. The van der Waals surface area contributed by atoms with Crippen LogP contribution in [0.2, 0.25) is 0 Å². The lowest BCUT2D eigenvalue weighted by atomic mass is 10.1. The van der Waals surface area contributed by atoms with Gasteiger partial charge >= 0.3 is 0 Å². The molecular formula is C14H15BrN2O2. The van der Waals surface area contributed by atoms with Crippen LogP contribution in [0, 0.1) is 11.8 Å². The van der Waals surface area contributed by atoms with Gasteiger partial charge in [0.2, 0.25) is 11.8 Å². The number of nitrogens with one attached hydrogen (secondary N) is 1. The zero-order valence-electron chi connectivity index (χ0n) is 10.6. The fourth-order valence-corrected chi connectivity index (χ4v) is 2.51. The Balaban J connectivity index is 1.66. The Morgan fingerprint density at radius 2 is 2.37 bits per heavy atom. The van der Waals surface area contributed by atoms with Gasteiger partial charge in [0.1, 0.15) is 5.52 Å². The molecule has 0 spiro atoms. The van der Waals surface area contributed by atoms with Gasteiger partial charge in [-0.2, -0.15) is 0 Å². The van der Waals surface area contributed by atoms with E-state index in [-0.39, 0.29) is 11.8 Å². The third-order valence-electron chi connectivity index (χ3n) is 3.55. The second-order valence-electron chi connectivity index (χ2n) is 5.06. The molecule has 1 amide bonds. The van der Waals surface area contributed by atoms with Gasteiger partial charge in [-0.15, -0.1) is 0 Å². The van der Waals surface area contributed by atoms with Crippen molar-refractivity contribution in [3.05, 3.63) is 28.6 Å². The first-order valence-electron chi connectivity index (χ1n) is 6.46. The highest BCUT2D eigenvalue weighted by Crippen LogP contribution is 2.36. The van der Waals surface area contributed by atoms with Gasteiger partial charge in [-0.3, -0.25) is 4.79 Å². The zero-order valence-corrected chi connectivity index (χ0v) is 12.2. The van der Waals surface area contributed by atoms with Gasteiger partial charge in [0.15, 0.2) is 5.58 Å². The third kappa shape index (κ3) is 2.81. The van der Waals surface area contributed by atoms with E-state index in [1.165, 1.54) is 12.8 Å². The molecule has 1 heterocycles. The van der Waals surface area contributed by atoms with Gasteiger partial charge < -0.3 is 9.73 Å². The van der Waals surface area contributed by atoms with Gasteiger partial charge in [0, 0.05) is 10.4 Å². The van der Waals surface area contributed by atoms with E-state index >= 15 is 0 Å². The monoisotopic (exact) mass is 322 g/mol. The molecule has 3 rings (SSSR count). The molecule has 100 valence electrons. The Morgan fingerprint density at radius 3 is 3.11 bits per heavy atom. The maximum Gasteiger partial charge on any atom is 0.223 e. The number of rotatable bonds is 4. The SMILES string of the molecule is C[C@@H](C(=O)NCc1nc2cc(Br)ccc2o1)C1CC1. The fourth-order valence-electron chi connectivity index (χ4n) is 2.16. The highest BCUT2D eigenvalue weighted by Gasteiger charge is 2.32. The van der Waals surface area contributed by atoms with Crippen molar-refractivity contribution >= 4 is 32.9 Å². The van der Waals surface area contributed by atoms with E-state index < -0.39 is 0 Å². The molecule has 4 nitrogen and oxygen atoms in total. The second-order valence-corrected chi connectivity index (χ2v) is 5.98. The summed E-state index contributed by atoms with van der Waals surface area (Å²) in [5, 5.41) is 2.89. The summed E-state index contributed by atoms with van der Waals surface area (Å²) in [6, 6.07) is 5.67.